The number of benzene rings is 1. The third-order valence-corrected chi connectivity index (χ3v) is 4.00. The van der Waals surface area contributed by atoms with E-state index >= 15 is 0 Å². The molecule has 0 radical (unpaired) electrons. The van der Waals surface area contributed by atoms with E-state index in [1.807, 2.05) is 0 Å². The van der Waals surface area contributed by atoms with Crippen molar-refractivity contribution in [2.45, 2.75) is 45.0 Å². The standard InChI is InChI=1S/C16H21BrFNO4/c1-16(2,3)23-15(21)19-7-6-13(12(20)9-19)22-14-8-10(18)4-5-11(14)17/h4-5,8,12-13,20H,6-7,9H2,1-3H3. The zero-order chi connectivity index (χ0) is 17.2. The predicted molar refractivity (Wildman–Crippen MR) is 86.9 cm³/mol. The normalized spacial score (nSPS) is 21.9. The Hall–Kier alpha value is -1.34. The van der Waals surface area contributed by atoms with E-state index < -0.39 is 29.7 Å². The summed E-state index contributed by atoms with van der Waals surface area (Å²) in [7, 11) is 0. The fourth-order valence-corrected chi connectivity index (χ4v) is 2.61. The van der Waals surface area contributed by atoms with Crippen LogP contribution >= 0.6 is 15.9 Å². The molecule has 23 heavy (non-hydrogen) atoms. The summed E-state index contributed by atoms with van der Waals surface area (Å²) < 4.78 is 24.9. The van der Waals surface area contributed by atoms with Crippen molar-refractivity contribution in [3.8, 4) is 5.75 Å². The monoisotopic (exact) mass is 389 g/mol. The van der Waals surface area contributed by atoms with Gasteiger partial charge in [-0.05, 0) is 48.8 Å². The number of carbonyl (C=O) groups is 1. The maximum absolute atomic E-state index is 13.3. The minimum Gasteiger partial charge on any atom is -0.486 e. The van der Waals surface area contributed by atoms with Crippen LogP contribution in [0.15, 0.2) is 22.7 Å². The molecule has 0 aliphatic carbocycles. The molecule has 1 aliphatic rings. The van der Waals surface area contributed by atoms with Crippen LogP contribution in [0.1, 0.15) is 27.2 Å². The average Bonchev–Trinajstić information content (AvgIpc) is 2.43. The molecule has 2 atom stereocenters. The number of hydrogen-bond acceptors (Lipinski definition) is 4. The van der Waals surface area contributed by atoms with Gasteiger partial charge in [-0.3, -0.25) is 0 Å². The number of hydrogen-bond donors (Lipinski definition) is 1. The SMILES string of the molecule is CC(C)(C)OC(=O)N1CCC(Oc2cc(F)ccc2Br)C(O)C1. The van der Waals surface area contributed by atoms with Gasteiger partial charge in [-0.25, -0.2) is 9.18 Å². The van der Waals surface area contributed by atoms with E-state index in [4.69, 9.17) is 9.47 Å². The van der Waals surface area contributed by atoms with Crippen LogP contribution < -0.4 is 4.74 Å². The highest BCUT2D eigenvalue weighted by atomic mass is 79.9. The number of ether oxygens (including phenoxy) is 2. The van der Waals surface area contributed by atoms with Crippen molar-refractivity contribution in [2.75, 3.05) is 13.1 Å². The summed E-state index contributed by atoms with van der Waals surface area (Å²) in [5.74, 6) is -0.0800. The van der Waals surface area contributed by atoms with Crippen LogP contribution in [0.5, 0.6) is 5.75 Å². The van der Waals surface area contributed by atoms with Crippen molar-refractivity contribution in [1.29, 1.82) is 0 Å². The van der Waals surface area contributed by atoms with Gasteiger partial charge in [0.1, 0.15) is 29.4 Å². The van der Waals surface area contributed by atoms with Crippen molar-refractivity contribution in [3.63, 3.8) is 0 Å². The van der Waals surface area contributed by atoms with Crippen LogP contribution in [-0.2, 0) is 4.74 Å². The van der Waals surface area contributed by atoms with E-state index in [9.17, 15) is 14.3 Å². The molecule has 1 amide bonds. The Balaban J connectivity index is 1.96. The first-order valence-corrected chi connectivity index (χ1v) is 8.23. The third-order valence-electron chi connectivity index (χ3n) is 3.34. The molecular weight excluding hydrogens is 369 g/mol. The van der Waals surface area contributed by atoms with Crippen LogP contribution in [0, 0.1) is 5.82 Å². The number of β-amino-alcohol motifs (C(OH)–C–C–N with tert-alkyl or cyclic N) is 1. The first-order chi connectivity index (χ1) is 10.7. The zero-order valence-corrected chi connectivity index (χ0v) is 15.0. The van der Waals surface area contributed by atoms with Gasteiger partial charge in [0.25, 0.3) is 0 Å². The molecule has 1 saturated heterocycles. The molecule has 1 aromatic carbocycles. The molecule has 1 N–H and O–H groups in total. The van der Waals surface area contributed by atoms with Crippen molar-refractivity contribution in [3.05, 3.63) is 28.5 Å². The van der Waals surface area contributed by atoms with E-state index in [1.165, 1.54) is 17.0 Å². The molecule has 7 heteroatoms. The Morgan fingerprint density at radius 1 is 1.43 bits per heavy atom. The molecule has 1 heterocycles. The fourth-order valence-electron chi connectivity index (χ4n) is 2.27. The quantitative estimate of drug-likeness (QED) is 0.842. The van der Waals surface area contributed by atoms with Gasteiger partial charge in [0, 0.05) is 19.0 Å². The number of aliphatic hydroxyl groups is 1. The molecule has 5 nitrogen and oxygen atoms in total. The first kappa shape index (κ1) is 18.0. The lowest BCUT2D eigenvalue weighted by Crippen LogP contribution is -2.52. The molecule has 0 aromatic heterocycles. The van der Waals surface area contributed by atoms with Crippen molar-refractivity contribution in [2.24, 2.45) is 0 Å². The van der Waals surface area contributed by atoms with E-state index in [-0.39, 0.29) is 6.54 Å². The van der Waals surface area contributed by atoms with E-state index in [1.54, 1.807) is 26.8 Å². The maximum atomic E-state index is 13.3. The number of aliphatic hydroxyl groups excluding tert-OH is 1. The smallest absolute Gasteiger partial charge is 0.410 e. The van der Waals surface area contributed by atoms with Crippen LogP contribution in [0.4, 0.5) is 9.18 Å². The zero-order valence-electron chi connectivity index (χ0n) is 13.4. The average molecular weight is 390 g/mol. The maximum Gasteiger partial charge on any atom is 0.410 e. The summed E-state index contributed by atoms with van der Waals surface area (Å²) in [5.41, 5.74) is -0.582. The number of nitrogens with zero attached hydrogens (tertiary/aromatic N) is 1. The summed E-state index contributed by atoms with van der Waals surface area (Å²) >= 11 is 3.29. The van der Waals surface area contributed by atoms with Crippen molar-refractivity contribution >= 4 is 22.0 Å². The highest BCUT2D eigenvalue weighted by Crippen LogP contribution is 2.29. The largest absolute Gasteiger partial charge is 0.486 e. The Labute approximate surface area is 143 Å². The number of likely N-dealkylation sites (tertiary alicyclic amines) is 1. The highest BCUT2D eigenvalue weighted by molar-refractivity contribution is 9.10. The summed E-state index contributed by atoms with van der Waals surface area (Å²) in [6.07, 6.45) is -1.40. The second kappa shape index (κ2) is 7.05. The van der Waals surface area contributed by atoms with Gasteiger partial charge in [-0.1, -0.05) is 0 Å². The lowest BCUT2D eigenvalue weighted by molar-refractivity contribution is -0.0377. The topological polar surface area (TPSA) is 59.0 Å². The molecule has 1 fully saturated rings. The first-order valence-electron chi connectivity index (χ1n) is 7.43. The van der Waals surface area contributed by atoms with Crippen LogP contribution in [-0.4, -0.2) is 47.0 Å². The molecule has 2 rings (SSSR count). The minimum absolute atomic E-state index is 0.118. The van der Waals surface area contributed by atoms with Crippen LogP contribution in [0.2, 0.25) is 0 Å². The summed E-state index contributed by atoms with van der Waals surface area (Å²) in [6, 6.07) is 4.13. The summed E-state index contributed by atoms with van der Waals surface area (Å²) in [4.78, 5) is 13.5. The lowest BCUT2D eigenvalue weighted by Gasteiger charge is -2.36. The fraction of sp³-hybridized carbons (Fsp3) is 0.562. The van der Waals surface area contributed by atoms with E-state index in [2.05, 4.69) is 15.9 Å². The van der Waals surface area contributed by atoms with Crippen LogP contribution in [0.3, 0.4) is 0 Å². The summed E-state index contributed by atoms with van der Waals surface area (Å²) in [6.45, 7) is 5.89. The van der Waals surface area contributed by atoms with E-state index in [0.717, 1.165) is 0 Å². The van der Waals surface area contributed by atoms with Gasteiger partial charge in [0.05, 0.1) is 11.0 Å². The van der Waals surface area contributed by atoms with Crippen LogP contribution in [0.25, 0.3) is 0 Å². The molecule has 2 unspecified atom stereocenters. The van der Waals surface area contributed by atoms with Gasteiger partial charge in [-0.15, -0.1) is 0 Å². The second-order valence-corrected chi connectivity index (χ2v) is 7.37. The Morgan fingerprint density at radius 3 is 2.74 bits per heavy atom. The molecule has 1 aromatic rings. The number of piperidine rings is 1. The van der Waals surface area contributed by atoms with Crippen molar-refractivity contribution < 1.29 is 23.8 Å². The van der Waals surface area contributed by atoms with E-state index in [0.29, 0.717) is 23.2 Å². The van der Waals surface area contributed by atoms with Crippen molar-refractivity contribution in [1.82, 2.24) is 4.90 Å². The number of carbonyl (C=O) groups excluding carboxylic acids is 1. The molecular formula is C16H21BrFNO4. The van der Waals surface area contributed by atoms with Gasteiger partial charge in [0.2, 0.25) is 0 Å². The molecule has 0 saturated carbocycles. The molecule has 128 valence electrons. The minimum atomic E-state index is -0.869. The molecule has 0 spiro atoms. The molecule has 0 bridgehead atoms. The Bertz CT molecular complexity index is 576. The predicted octanol–water partition coefficient (Wildman–Crippen LogP) is 3.34. The second-order valence-electron chi connectivity index (χ2n) is 6.51. The van der Waals surface area contributed by atoms with Gasteiger partial charge in [0.15, 0.2) is 0 Å². The van der Waals surface area contributed by atoms with Gasteiger partial charge < -0.3 is 19.5 Å². The Morgan fingerprint density at radius 2 is 2.13 bits per heavy atom. The number of amides is 1. The molecule has 1 aliphatic heterocycles. The number of halogens is 2. The Kier molecular flexibility index (Phi) is 5.52. The number of rotatable bonds is 2. The third kappa shape index (κ3) is 5.07. The van der Waals surface area contributed by atoms with Gasteiger partial charge >= 0.3 is 6.09 Å². The lowest BCUT2D eigenvalue weighted by atomic mass is 10.1. The highest BCUT2D eigenvalue weighted by Gasteiger charge is 2.34. The summed E-state index contributed by atoms with van der Waals surface area (Å²) in [5, 5.41) is 10.2. The van der Waals surface area contributed by atoms with Gasteiger partial charge in [-0.2, -0.15) is 0 Å².